The van der Waals surface area contributed by atoms with Gasteiger partial charge in [0.2, 0.25) is 11.8 Å². The van der Waals surface area contributed by atoms with Crippen LogP contribution >= 0.6 is 11.3 Å². The van der Waals surface area contributed by atoms with Crippen LogP contribution in [-0.4, -0.2) is 51.0 Å². The Balaban J connectivity index is 1.15. The van der Waals surface area contributed by atoms with E-state index in [1.165, 1.54) is 11.3 Å². The number of likely N-dealkylation sites (tertiary alicyclic amines) is 1. The van der Waals surface area contributed by atoms with Gasteiger partial charge in [-0.15, -0.1) is 11.3 Å². The number of ether oxygens (including phenoxy) is 1. The summed E-state index contributed by atoms with van der Waals surface area (Å²) >= 11 is 1.35. The van der Waals surface area contributed by atoms with Gasteiger partial charge in [-0.05, 0) is 74.2 Å². The molecule has 3 amide bonds. The molecule has 10 heteroatoms. The Morgan fingerprint density at radius 3 is 2.39 bits per heavy atom. The summed E-state index contributed by atoms with van der Waals surface area (Å²) in [6.45, 7) is 5.91. The number of benzene rings is 2. The number of rotatable bonds is 7. The smallest absolute Gasteiger partial charge is 0.412 e. The van der Waals surface area contributed by atoms with Crippen molar-refractivity contribution in [2.24, 2.45) is 0 Å². The second-order valence-corrected chi connectivity index (χ2v) is 11.6. The molecule has 1 aliphatic heterocycles. The fraction of sp³-hybridized carbons (Fsp3) is 0.258. The van der Waals surface area contributed by atoms with E-state index in [0.717, 1.165) is 27.9 Å². The van der Waals surface area contributed by atoms with Crippen LogP contribution in [0.4, 0.5) is 15.6 Å². The highest BCUT2D eigenvalue weighted by Crippen LogP contribution is 2.29. The highest BCUT2D eigenvalue weighted by molar-refractivity contribution is 7.14. The van der Waals surface area contributed by atoms with Gasteiger partial charge in [-0.2, -0.15) is 0 Å². The lowest BCUT2D eigenvalue weighted by molar-refractivity contribution is -0.144. The van der Waals surface area contributed by atoms with Crippen LogP contribution in [0, 0.1) is 0 Å². The zero-order chi connectivity index (χ0) is 29.0. The summed E-state index contributed by atoms with van der Waals surface area (Å²) < 4.78 is 5.26. The largest absolute Gasteiger partial charge is 0.444 e. The zero-order valence-corrected chi connectivity index (χ0v) is 23.9. The normalized spacial score (nSPS) is 14.6. The molecule has 2 aromatic carbocycles. The maximum atomic E-state index is 13.0. The average Bonchev–Trinajstić information content (AvgIpc) is 3.37. The number of carbonyl (C=O) groups is 3. The maximum absolute atomic E-state index is 13.0. The Bertz CT molecular complexity index is 1550. The molecule has 210 valence electrons. The molecule has 4 aromatic rings. The fourth-order valence-corrected chi connectivity index (χ4v) is 5.14. The van der Waals surface area contributed by atoms with Crippen LogP contribution in [0.25, 0.3) is 22.4 Å². The van der Waals surface area contributed by atoms with Crippen molar-refractivity contribution in [3.63, 3.8) is 0 Å². The third-order valence-corrected chi connectivity index (χ3v) is 7.26. The van der Waals surface area contributed by atoms with E-state index >= 15 is 0 Å². The minimum absolute atomic E-state index is 0.128. The lowest BCUT2D eigenvalue weighted by Crippen LogP contribution is -2.57. The molecule has 0 radical (unpaired) electrons. The molecule has 0 spiro atoms. The number of hydrogen-bond acceptors (Lipinski definition) is 7. The van der Waals surface area contributed by atoms with Crippen molar-refractivity contribution in [3.05, 3.63) is 84.0 Å². The second kappa shape index (κ2) is 11.9. The first-order chi connectivity index (χ1) is 19.6. The number of nitrogens with one attached hydrogen (secondary N) is 2. The summed E-state index contributed by atoms with van der Waals surface area (Å²) in [5, 5.41) is 7.96. The zero-order valence-electron chi connectivity index (χ0n) is 23.1. The average molecular weight is 570 g/mol. The molecule has 1 aliphatic rings. The molecule has 0 aliphatic carbocycles. The molecule has 2 aromatic heterocycles. The van der Waals surface area contributed by atoms with E-state index in [-0.39, 0.29) is 18.2 Å². The summed E-state index contributed by atoms with van der Waals surface area (Å²) in [6, 6.07) is 18.4. The minimum Gasteiger partial charge on any atom is -0.444 e. The first kappa shape index (κ1) is 28.0. The van der Waals surface area contributed by atoms with Gasteiger partial charge >= 0.3 is 6.09 Å². The Labute approximate surface area is 242 Å². The van der Waals surface area contributed by atoms with Crippen molar-refractivity contribution >= 4 is 40.1 Å². The van der Waals surface area contributed by atoms with Crippen LogP contribution < -0.4 is 10.6 Å². The monoisotopic (exact) mass is 569 g/mol. The van der Waals surface area contributed by atoms with E-state index < -0.39 is 17.7 Å². The minimum atomic E-state index is -0.592. The van der Waals surface area contributed by atoms with E-state index in [0.29, 0.717) is 23.8 Å². The van der Waals surface area contributed by atoms with Crippen molar-refractivity contribution in [1.82, 2.24) is 14.9 Å². The SMILES string of the molecule is CC(C)(C)OC(=O)Nc1ccc(CC(=O)N2CCC2C(=O)Nc2nc(-c3cccc(-c4ccncc4)c3)cs2)cc1. The van der Waals surface area contributed by atoms with Gasteiger partial charge in [0.15, 0.2) is 5.13 Å². The molecule has 3 heterocycles. The Morgan fingerprint density at radius 2 is 1.71 bits per heavy atom. The fourth-order valence-electron chi connectivity index (χ4n) is 4.42. The number of anilines is 2. The van der Waals surface area contributed by atoms with Gasteiger partial charge in [0, 0.05) is 35.6 Å². The van der Waals surface area contributed by atoms with E-state index in [2.05, 4.69) is 26.7 Å². The highest BCUT2D eigenvalue weighted by Gasteiger charge is 2.37. The van der Waals surface area contributed by atoms with E-state index in [9.17, 15) is 14.4 Å². The van der Waals surface area contributed by atoms with Crippen molar-refractivity contribution in [3.8, 4) is 22.4 Å². The quantitative estimate of drug-likeness (QED) is 0.282. The summed E-state index contributed by atoms with van der Waals surface area (Å²) in [6.07, 6.45) is 3.74. The van der Waals surface area contributed by atoms with E-state index in [1.54, 1.807) is 62.3 Å². The summed E-state index contributed by atoms with van der Waals surface area (Å²) in [4.78, 5) is 48.2. The van der Waals surface area contributed by atoms with Gasteiger partial charge in [0.05, 0.1) is 12.1 Å². The Kier molecular flexibility index (Phi) is 8.11. The molecule has 0 bridgehead atoms. The van der Waals surface area contributed by atoms with Crippen molar-refractivity contribution in [2.75, 3.05) is 17.2 Å². The molecule has 5 rings (SSSR count). The predicted octanol–water partition coefficient (Wildman–Crippen LogP) is 6.00. The molecular formula is C31H31N5O4S. The van der Waals surface area contributed by atoms with Gasteiger partial charge in [-0.1, -0.05) is 30.3 Å². The molecule has 1 atom stereocenters. The molecule has 9 nitrogen and oxygen atoms in total. The molecular weight excluding hydrogens is 538 g/mol. The number of amides is 3. The van der Waals surface area contributed by atoms with E-state index in [1.807, 2.05) is 35.7 Å². The Morgan fingerprint density at radius 1 is 0.976 bits per heavy atom. The van der Waals surface area contributed by atoms with Crippen LogP contribution in [0.3, 0.4) is 0 Å². The topological polar surface area (TPSA) is 114 Å². The molecule has 1 fully saturated rings. The van der Waals surface area contributed by atoms with Crippen molar-refractivity contribution in [1.29, 1.82) is 0 Å². The predicted molar refractivity (Wildman–Crippen MR) is 160 cm³/mol. The summed E-state index contributed by atoms with van der Waals surface area (Å²) in [5.74, 6) is -0.370. The van der Waals surface area contributed by atoms with Gasteiger partial charge in [-0.25, -0.2) is 9.78 Å². The molecule has 1 unspecified atom stereocenters. The number of hydrogen-bond donors (Lipinski definition) is 2. The molecule has 1 saturated heterocycles. The Hall–Kier alpha value is -4.57. The van der Waals surface area contributed by atoms with Crippen LogP contribution in [0.2, 0.25) is 0 Å². The van der Waals surface area contributed by atoms with Crippen LogP contribution in [-0.2, 0) is 20.7 Å². The van der Waals surface area contributed by atoms with Gasteiger partial charge in [-0.3, -0.25) is 19.9 Å². The summed E-state index contributed by atoms with van der Waals surface area (Å²) in [7, 11) is 0. The van der Waals surface area contributed by atoms with Crippen molar-refractivity contribution < 1.29 is 19.1 Å². The summed E-state index contributed by atoms with van der Waals surface area (Å²) in [5.41, 5.74) is 4.61. The highest BCUT2D eigenvalue weighted by atomic mass is 32.1. The maximum Gasteiger partial charge on any atom is 0.412 e. The number of nitrogens with zero attached hydrogens (tertiary/aromatic N) is 3. The van der Waals surface area contributed by atoms with Crippen LogP contribution in [0.5, 0.6) is 0 Å². The number of aromatic nitrogens is 2. The lowest BCUT2D eigenvalue weighted by Gasteiger charge is -2.39. The number of carbonyl (C=O) groups excluding carboxylic acids is 3. The van der Waals surface area contributed by atoms with Gasteiger partial charge in [0.25, 0.3) is 0 Å². The standard InChI is InChI=1S/C31H31N5O4S/c1-31(2,3)40-30(39)33-24-9-7-20(8-10-24)17-27(37)36-16-13-26(36)28(38)35-29-34-25(19-41-29)23-6-4-5-22(18-23)21-11-14-32-15-12-21/h4-12,14-15,18-19,26H,13,16-17H2,1-3H3,(H,33,39)(H,34,35,38). The first-order valence-electron chi connectivity index (χ1n) is 13.3. The number of pyridine rings is 1. The third kappa shape index (κ3) is 7.15. The first-order valence-corrected chi connectivity index (χ1v) is 14.2. The van der Waals surface area contributed by atoms with Gasteiger partial charge in [0.1, 0.15) is 11.6 Å². The number of thiazole rings is 1. The molecule has 2 N–H and O–H groups in total. The van der Waals surface area contributed by atoms with Crippen LogP contribution in [0.1, 0.15) is 32.8 Å². The van der Waals surface area contributed by atoms with E-state index in [4.69, 9.17) is 4.74 Å². The third-order valence-electron chi connectivity index (χ3n) is 6.50. The van der Waals surface area contributed by atoms with Crippen molar-refractivity contribution in [2.45, 2.75) is 45.3 Å². The lowest BCUT2D eigenvalue weighted by atomic mass is 10.00. The molecule has 41 heavy (non-hydrogen) atoms. The second-order valence-electron chi connectivity index (χ2n) is 10.7. The molecule has 0 saturated carbocycles. The van der Waals surface area contributed by atoms with Crippen LogP contribution in [0.15, 0.2) is 78.4 Å². The van der Waals surface area contributed by atoms with Gasteiger partial charge < -0.3 is 15.0 Å².